The molecule has 0 aromatic carbocycles. The van der Waals surface area contributed by atoms with E-state index in [0.717, 1.165) is 70.6 Å². The first kappa shape index (κ1) is 62.8. The summed E-state index contributed by atoms with van der Waals surface area (Å²) >= 11 is 0. The molecule has 2 heterocycles. The fourth-order valence-corrected chi connectivity index (χ4v) is 8.36. The van der Waals surface area contributed by atoms with Crippen LogP contribution in [0.1, 0.15) is 200 Å². The summed E-state index contributed by atoms with van der Waals surface area (Å²) in [5, 5.41) is 72.1. The molecular weight excluding hydrogens is 889 g/mol. The third kappa shape index (κ3) is 29.1. The van der Waals surface area contributed by atoms with Crippen molar-refractivity contribution in [3.05, 3.63) is 36.5 Å². The zero-order valence-electron chi connectivity index (χ0n) is 42.5. The van der Waals surface area contributed by atoms with Gasteiger partial charge < -0.3 is 64.2 Å². The highest BCUT2D eigenvalue weighted by atomic mass is 16.7. The van der Waals surface area contributed by atoms with E-state index in [0.29, 0.717) is 12.8 Å². The lowest BCUT2D eigenvalue weighted by Gasteiger charge is -2.42. The average Bonchev–Trinajstić information content (AvgIpc) is 3.34. The second kappa shape index (κ2) is 41.2. The molecule has 7 N–H and O–H groups in total. The predicted molar refractivity (Wildman–Crippen MR) is 266 cm³/mol. The monoisotopic (exact) mass is 985 g/mol. The standard InChI is InChI=1S/C54H96O15/c1-3-5-7-9-11-13-15-17-19-21-23-24-26-28-30-32-34-36-45(56)64-39-42(67-46(57)37-35-33-31-29-27-25-22-20-18-16-14-12-10-8-6-4-2)40-65-53-52(63)50(61)48(59)44(69-53)41-66-54-51(62)49(60)47(58)43(38-55)68-54/h14,16-17,19-20,22,42-44,47-55,58-63H,3-13,15,18,21,23-41H2,1-2H3/b16-14-,19-17-,22-20-. The highest BCUT2D eigenvalue weighted by Gasteiger charge is 2.47. The van der Waals surface area contributed by atoms with E-state index in [-0.39, 0.29) is 26.1 Å². The number of carbonyl (C=O) groups is 2. The molecular formula is C54H96O15. The first-order valence-electron chi connectivity index (χ1n) is 27.1. The van der Waals surface area contributed by atoms with E-state index in [1.807, 2.05) is 0 Å². The molecule has 69 heavy (non-hydrogen) atoms. The van der Waals surface area contributed by atoms with Crippen LogP contribution in [0.5, 0.6) is 0 Å². The minimum Gasteiger partial charge on any atom is -0.462 e. The number of esters is 2. The normalized spacial score (nSPS) is 25.8. The minimum absolute atomic E-state index is 0.149. The Kier molecular flexibility index (Phi) is 37.5. The van der Waals surface area contributed by atoms with Gasteiger partial charge in [0.05, 0.1) is 19.8 Å². The van der Waals surface area contributed by atoms with Crippen LogP contribution in [0, 0.1) is 0 Å². The van der Waals surface area contributed by atoms with Gasteiger partial charge in [-0.1, -0.05) is 153 Å². The Balaban J connectivity index is 1.80. The van der Waals surface area contributed by atoms with Crippen LogP contribution < -0.4 is 0 Å². The summed E-state index contributed by atoms with van der Waals surface area (Å²) < 4.78 is 33.6. The van der Waals surface area contributed by atoms with Gasteiger partial charge >= 0.3 is 11.9 Å². The number of aliphatic hydroxyl groups excluding tert-OH is 7. The lowest BCUT2D eigenvalue weighted by molar-refractivity contribution is -0.332. The van der Waals surface area contributed by atoms with Crippen LogP contribution in [0.4, 0.5) is 0 Å². The van der Waals surface area contributed by atoms with E-state index in [1.54, 1.807) is 0 Å². The quantitative estimate of drug-likeness (QED) is 0.0174. The predicted octanol–water partition coefficient (Wildman–Crippen LogP) is 8.10. The molecule has 15 nitrogen and oxygen atoms in total. The molecule has 15 heteroatoms. The highest BCUT2D eigenvalue weighted by molar-refractivity contribution is 5.70. The molecule has 0 aromatic heterocycles. The number of unbranched alkanes of at least 4 members (excludes halogenated alkanes) is 22. The van der Waals surface area contributed by atoms with Crippen LogP contribution in [0.25, 0.3) is 0 Å². The third-order valence-electron chi connectivity index (χ3n) is 12.8. The average molecular weight is 985 g/mol. The molecule has 0 aliphatic carbocycles. The molecule has 0 radical (unpaired) electrons. The fourth-order valence-electron chi connectivity index (χ4n) is 8.36. The molecule has 11 unspecified atom stereocenters. The number of rotatable bonds is 42. The summed E-state index contributed by atoms with van der Waals surface area (Å²) in [5.41, 5.74) is 0. The Bertz CT molecular complexity index is 1340. The van der Waals surface area contributed by atoms with Gasteiger partial charge in [-0.05, 0) is 70.6 Å². The minimum atomic E-state index is -1.77. The van der Waals surface area contributed by atoms with Gasteiger partial charge in [-0.3, -0.25) is 9.59 Å². The van der Waals surface area contributed by atoms with Gasteiger partial charge in [0.1, 0.15) is 55.4 Å². The van der Waals surface area contributed by atoms with Crippen molar-refractivity contribution in [2.24, 2.45) is 0 Å². The number of aliphatic hydroxyl groups is 7. The van der Waals surface area contributed by atoms with Gasteiger partial charge in [-0.15, -0.1) is 0 Å². The summed E-state index contributed by atoms with van der Waals surface area (Å²) in [7, 11) is 0. The van der Waals surface area contributed by atoms with Crippen LogP contribution in [0.3, 0.4) is 0 Å². The van der Waals surface area contributed by atoms with Crippen molar-refractivity contribution in [3.63, 3.8) is 0 Å². The largest absolute Gasteiger partial charge is 0.462 e. The van der Waals surface area contributed by atoms with Gasteiger partial charge in [-0.25, -0.2) is 0 Å². The van der Waals surface area contributed by atoms with Gasteiger partial charge in [-0.2, -0.15) is 0 Å². The van der Waals surface area contributed by atoms with Crippen molar-refractivity contribution in [2.45, 2.75) is 268 Å². The molecule has 0 saturated carbocycles. The lowest BCUT2D eigenvalue weighted by Crippen LogP contribution is -2.61. The zero-order chi connectivity index (χ0) is 50.3. The summed E-state index contributed by atoms with van der Waals surface area (Å²) in [4.78, 5) is 25.8. The second-order valence-electron chi connectivity index (χ2n) is 19.0. The van der Waals surface area contributed by atoms with Crippen molar-refractivity contribution >= 4 is 11.9 Å². The van der Waals surface area contributed by atoms with E-state index in [4.69, 9.17) is 28.4 Å². The molecule has 2 rings (SSSR count). The number of carbonyl (C=O) groups excluding carboxylic acids is 2. The van der Waals surface area contributed by atoms with Crippen LogP contribution in [-0.4, -0.2) is 142 Å². The van der Waals surface area contributed by atoms with E-state index in [1.165, 1.54) is 89.9 Å². The van der Waals surface area contributed by atoms with Crippen molar-refractivity contribution in [1.82, 2.24) is 0 Å². The van der Waals surface area contributed by atoms with Crippen LogP contribution in [0.15, 0.2) is 36.5 Å². The summed E-state index contributed by atoms with van der Waals surface area (Å²) in [6.07, 6.45) is 27.3. The Morgan fingerprint density at radius 3 is 1.38 bits per heavy atom. The number of ether oxygens (including phenoxy) is 6. The van der Waals surface area contributed by atoms with Crippen molar-refractivity contribution in [1.29, 1.82) is 0 Å². The second-order valence-corrected chi connectivity index (χ2v) is 19.0. The van der Waals surface area contributed by atoms with Crippen molar-refractivity contribution in [3.8, 4) is 0 Å². The van der Waals surface area contributed by atoms with E-state index < -0.39 is 92.7 Å². The van der Waals surface area contributed by atoms with Gasteiger partial charge in [0, 0.05) is 12.8 Å². The molecule has 0 amide bonds. The van der Waals surface area contributed by atoms with E-state index >= 15 is 0 Å². The Morgan fingerprint density at radius 2 is 0.870 bits per heavy atom. The lowest BCUT2D eigenvalue weighted by atomic mass is 9.98. The first-order valence-corrected chi connectivity index (χ1v) is 27.1. The maximum atomic E-state index is 13.0. The first-order chi connectivity index (χ1) is 33.5. The maximum Gasteiger partial charge on any atom is 0.306 e. The molecule has 2 aliphatic heterocycles. The molecule has 11 atom stereocenters. The molecule has 2 fully saturated rings. The smallest absolute Gasteiger partial charge is 0.306 e. The van der Waals surface area contributed by atoms with Gasteiger partial charge in [0.25, 0.3) is 0 Å². The highest BCUT2D eigenvalue weighted by Crippen LogP contribution is 2.26. The fraction of sp³-hybridized carbons (Fsp3) is 0.852. The number of hydrogen-bond acceptors (Lipinski definition) is 15. The summed E-state index contributed by atoms with van der Waals surface area (Å²) in [5.74, 6) is -0.942. The van der Waals surface area contributed by atoms with Crippen molar-refractivity contribution in [2.75, 3.05) is 26.4 Å². The molecule has 402 valence electrons. The van der Waals surface area contributed by atoms with Crippen molar-refractivity contribution < 1.29 is 73.8 Å². The maximum absolute atomic E-state index is 13.0. The molecule has 0 aromatic rings. The Labute approximate surface area is 415 Å². The zero-order valence-corrected chi connectivity index (χ0v) is 42.5. The van der Waals surface area contributed by atoms with Crippen LogP contribution >= 0.6 is 0 Å². The number of allylic oxidation sites excluding steroid dienone is 6. The Morgan fingerprint density at radius 1 is 0.464 bits per heavy atom. The molecule has 0 bridgehead atoms. The molecule has 2 saturated heterocycles. The number of hydrogen-bond donors (Lipinski definition) is 7. The van der Waals surface area contributed by atoms with E-state index in [9.17, 15) is 45.3 Å². The van der Waals surface area contributed by atoms with E-state index in [2.05, 4.69) is 50.3 Å². The van der Waals surface area contributed by atoms with Gasteiger partial charge in [0.15, 0.2) is 18.7 Å². The Hall–Kier alpha value is -2.28. The molecule has 0 spiro atoms. The van der Waals surface area contributed by atoms with Gasteiger partial charge in [0.2, 0.25) is 0 Å². The van der Waals surface area contributed by atoms with Crippen LogP contribution in [0.2, 0.25) is 0 Å². The summed E-state index contributed by atoms with van der Waals surface area (Å²) in [6, 6.07) is 0. The third-order valence-corrected chi connectivity index (χ3v) is 12.8. The molecule has 2 aliphatic rings. The summed E-state index contributed by atoms with van der Waals surface area (Å²) in [6.45, 7) is 2.56. The topological polar surface area (TPSA) is 231 Å². The SMILES string of the molecule is CCCCCC/C=C\C/C=C\CCCCCCCC(=O)OC(COC(=O)CCCCCCCCC/C=C\CCCCCCCC)COC1OC(COC2OC(CO)C(O)C(O)C2O)C(O)C(O)C1O. The van der Waals surface area contributed by atoms with Crippen LogP contribution in [-0.2, 0) is 38.0 Å².